The second-order valence-corrected chi connectivity index (χ2v) is 4.50. The summed E-state index contributed by atoms with van der Waals surface area (Å²) < 4.78 is 5.39. The standard InChI is InChI=1S/C12H24O3/c1-2-3-4-6-11-7-5-8-12(11,14)15-10-9-13/h11,13-14H,2-10H2,1H3. The molecule has 1 saturated carbocycles. The number of rotatable bonds is 7. The van der Waals surface area contributed by atoms with Crippen molar-refractivity contribution in [1.29, 1.82) is 0 Å². The lowest BCUT2D eigenvalue weighted by Crippen LogP contribution is -2.37. The van der Waals surface area contributed by atoms with Crippen molar-refractivity contribution in [2.75, 3.05) is 13.2 Å². The van der Waals surface area contributed by atoms with Crippen LogP contribution in [0.3, 0.4) is 0 Å². The minimum atomic E-state index is -0.948. The van der Waals surface area contributed by atoms with Gasteiger partial charge < -0.3 is 14.9 Å². The summed E-state index contributed by atoms with van der Waals surface area (Å²) in [7, 11) is 0. The van der Waals surface area contributed by atoms with Gasteiger partial charge in [0.25, 0.3) is 0 Å². The van der Waals surface area contributed by atoms with Crippen LogP contribution in [0, 0.1) is 5.92 Å². The number of unbranched alkanes of at least 4 members (excludes halogenated alkanes) is 2. The van der Waals surface area contributed by atoms with Crippen LogP contribution < -0.4 is 0 Å². The van der Waals surface area contributed by atoms with E-state index in [1.54, 1.807) is 0 Å². The number of ether oxygens (including phenoxy) is 1. The Kier molecular flexibility index (Phi) is 5.58. The van der Waals surface area contributed by atoms with Crippen molar-refractivity contribution in [3.8, 4) is 0 Å². The van der Waals surface area contributed by atoms with Gasteiger partial charge in [-0.3, -0.25) is 0 Å². The normalized spacial score (nSPS) is 31.0. The highest BCUT2D eigenvalue weighted by Crippen LogP contribution is 2.39. The lowest BCUT2D eigenvalue weighted by Gasteiger charge is -2.30. The van der Waals surface area contributed by atoms with Gasteiger partial charge in [-0.05, 0) is 19.3 Å². The Labute approximate surface area is 92.4 Å². The molecule has 0 radical (unpaired) electrons. The molecular formula is C12H24O3. The fourth-order valence-corrected chi connectivity index (χ4v) is 2.45. The summed E-state index contributed by atoms with van der Waals surface area (Å²) >= 11 is 0. The molecule has 0 spiro atoms. The Morgan fingerprint density at radius 2 is 2.20 bits per heavy atom. The van der Waals surface area contributed by atoms with E-state index in [4.69, 9.17) is 9.84 Å². The Morgan fingerprint density at radius 1 is 1.40 bits per heavy atom. The van der Waals surface area contributed by atoms with Crippen LogP contribution >= 0.6 is 0 Å². The maximum atomic E-state index is 10.2. The number of hydrogen-bond acceptors (Lipinski definition) is 3. The molecule has 2 atom stereocenters. The van der Waals surface area contributed by atoms with E-state index < -0.39 is 5.79 Å². The summed E-state index contributed by atoms with van der Waals surface area (Å²) in [5.41, 5.74) is 0. The van der Waals surface area contributed by atoms with Crippen molar-refractivity contribution >= 4 is 0 Å². The molecule has 3 nitrogen and oxygen atoms in total. The number of hydrogen-bond donors (Lipinski definition) is 2. The second-order valence-electron chi connectivity index (χ2n) is 4.50. The molecule has 2 N–H and O–H groups in total. The van der Waals surface area contributed by atoms with Crippen molar-refractivity contribution in [3.05, 3.63) is 0 Å². The van der Waals surface area contributed by atoms with Gasteiger partial charge in [0, 0.05) is 12.3 Å². The van der Waals surface area contributed by atoms with Crippen molar-refractivity contribution < 1.29 is 14.9 Å². The molecule has 1 rings (SSSR count). The smallest absolute Gasteiger partial charge is 0.168 e. The first kappa shape index (κ1) is 12.9. The molecule has 1 aliphatic carbocycles. The third-order valence-corrected chi connectivity index (χ3v) is 3.32. The summed E-state index contributed by atoms with van der Waals surface area (Å²) in [6.45, 7) is 2.42. The largest absolute Gasteiger partial charge is 0.394 e. The first-order valence-corrected chi connectivity index (χ1v) is 6.20. The molecule has 0 saturated heterocycles. The third-order valence-electron chi connectivity index (χ3n) is 3.32. The van der Waals surface area contributed by atoms with E-state index >= 15 is 0 Å². The molecule has 90 valence electrons. The van der Waals surface area contributed by atoms with E-state index in [0.29, 0.717) is 0 Å². The van der Waals surface area contributed by atoms with Crippen LogP contribution in [-0.2, 0) is 4.74 Å². The van der Waals surface area contributed by atoms with Gasteiger partial charge in [0.2, 0.25) is 0 Å². The Morgan fingerprint density at radius 3 is 2.87 bits per heavy atom. The summed E-state index contributed by atoms with van der Waals surface area (Å²) in [5, 5.41) is 19.0. The van der Waals surface area contributed by atoms with E-state index in [9.17, 15) is 5.11 Å². The Hall–Kier alpha value is -0.120. The quantitative estimate of drug-likeness (QED) is 0.506. The zero-order chi connectivity index (χ0) is 11.1. The molecule has 0 bridgehead atoms. The van der Waals surface area contributed by atoms with Gasteiger partial charge >= 0.3 is 0 Å². The molecule has 0 aromatic carbocycles. The van der Waals surface area contributed by atoms with Gasteiger partial charge in [-0.2, -0.15) is 0 Å². The van der Waals surface area contributed by atoms with E-state index in [-0.39, 0.29) is 19.1 Å². The molecule has 3 heteroatoms. The zero-order valence-corrected chi connectivity index (χ0v) is 9.74. The molecular weight excluding hydrogens is 192 g/mol. The SMILES string of the molecule is CCCCCC1CCCC1(O)OCCO. The van der Waals surface area contributed by atoms with Crippen LogP contribution in [-0.4, -0.2) is 29.2 Å². The molecule has 2 unspecified atom stereocenters. The van der Waals surface area contributed by atoms with Gasteiger partial charge in [0.1, 0.15) is 0 Å². The zero-order valence-electron chi connectivity index (χ0n) is 9.74. The maximum absolute atomic E-state index is 10.2. The van der Waals surface area contributed by atoms with Crippen LogP contribution in [0.1, 0.15) is 51.9 Å². The molecule has 0 amide bonds. The van der Waals surface area contributed by atoms with Crippen molar-refractivity contribution in [2.24, 2.45) is 5.92 Å². The highest BCUT2D eigenvalue weighted by molar-refractivity contribution is 4.84. The average molecular weight is 216 g/mol. The highest BCUT2D eigenvalue weighted by Gasteiger charge is 2.41. The van der Waals surface area contributed by atoms with Crippen LogP contribution in [0.15, 0.2) is 0 Å². The van der Waals surface area contributed by atoms with Gasteiger partial charge in [-0.25, -0.2) is 0 Å². The van der Waals surface area contributed by atoms with Gasteiger partial charge in [0.05, 0.1) is 13.2 Å². The number of aliphatic hydroxyl groups excluding tert-OH is 1. The molecule has 1 aliphatic rings. The van der Waals surface area contributed by atoms with Crippen molar-refractivity contribution in [3.63, 3.8) is 0 Å². The summed E-state index contributed by atoms with van der Waals surface area (Å²) in [6, 6.07) is 0. The summed E-state index contributed by atoms with van der Waals surface area (Å²) in [5.74, 6) is -0.674. The van der Waals surface area contributed by atoms with E-state index in [2.05, 4.69) is 6.92 Å². The predicted molar refractivity (Wildman–Crippen MR) is 59.5 cm³/mol. The molecule has 0 aliphatic heterocycles. The molecule has 0 heterocycles. The lowest BCUT2D eigenvalue weighted by atomic mass is 9.95. The Bertz CT molecular complexity index is 172. The first-order chi connectivity index (χ1) is 7.23. The van der Waals surface area contributed by atoms with Gasteiger partial charge in [-0.15, -0.1) is 0 Å². The van der Waals surface area contributed by atoms with Crippen LogP contribution in [0.4, 0.5) is 0 Å². The van der Waals surface area contributed by atoms with E-state index in [1.165, 1.54) is 19.3 Å². The Balaban J connectivity index is 2.33. The highest BCUT2D eigenvalue weighted by atomic mass is 16.6. The molecule has 1 fully saturated rings. The van der Waals surface area contributed by atoms with Gasteiger partial charge in [0.15, 0.2) is 5.79 Å². The van der Waals surface area contributed by atoms with Crippen LogP contribution in [0.5, 0.6) is 0 Å². The average Bonchev–Trinajstić information content (AvgIpc) is 2.59. The fourth-order valence-electron chi connectivity index (χ4n) is 2.45. The number of aliphatic hydroxyl groups is 2. The fraction of sp³-hybridized carbons (Fsp3) is 1.00. The van der Waals surface area contributed by atoms with E-state index in [0.717, 1.165) is 25.7 Å². The third kappa shape index (κ3) is 3.74. The molecule has 0 aromatic heterocycles. The topological polar surface area (TPSA) is 49.7 Å². The van der Waals surface area contributed by atoms with Crippen LogP contribution in [0.2, 0.25) is 0 Å². The molecule has 0 aromatic rings. The molecule has 15 heavy (non-hydrogen) atoms. The predicted octanol–water partition coefficient (Wildman–Crippen LogP) is 2.06. The first-order valence-electron chi connectivity index (χ1n) is 6.20. The maximum Gasteiger partial charge on any atom is 0.168 e. The van der Waals surface area contributed by atoms with E-state index in [1.807, 2.05) is 0 Å². The lowest BCUT2D eigenvalue weighted by molar-refractivity contribution is -0.229. The summed E-state index contributed by atoms with van der Waals surface area (Å²) in [4.78, 5) is 0. The van der Waals surface area contributed by atoms with Gasteiger partial charge in [-0.1, -0.05) is 26.2 Å². The van der Waals surface area contributed by atoms with Crippen LogP contribution in [0.25, 0.3) is 0 Å². The summed E-state index contributed by atoms with van der Waals surface area (Å²) in [6.07, 6.45) is 7.49. The van der Waals surface area contributed by atoms with Crippen molar-refractivity contribution in [2.45, 2.75) is 57.7 Å². The second kappa shape index (κ2) is 6.46. The minimum absolute atomic E-state index is 0.00993. The monoisotopic (exact) mass is 216 g/mol. The van der Waals surface area contributed by atoms with Crippen molar-refractivity contribution in [1.82, 2.24) is 0 Å². The minimum Gasteiger partial charge on any atom is -0.394 e.